The fourth-order valence-electron chi connectivity index (χ4n) is 2.73. The van der Waals surface area contributed by atoms with Crippen molar-refractivity contribution in [3.63, 3.8) is 0 Å². The first-order chi connectivity index (χ1) is 9.60. The number of hydrogen-bond donors (Lipinski definition) is 2. The normalized spacial score (nSPS) is 22.7. The summed E-state index contributed by atoms with van der Waals surface area (Å²) in [5.74, 6) is 0.696. The molecule has 2 N–H and O–H groups in total. The number of carboxylic acids is 1. The minimum atomic E-state index is -0.918. The van der Waals surface area contributed by atoms with Gasteiger partial charge in [-0.25, -0.2) is 4.79 Å². The van der Waals surface area contributed by atoms with Gasteiger partial charge in [-0.2, -0.15) is 0 Å². The van der Waals surface area contributed by atoms with Crippen LogP contribution >= 0.6 is 0 Å². The molecule has 0 saturated heterocycles. The molecule has 1 saturated carbocycles. The molecule has 0 bridgehead atoms. The predicted octanol–water partition coefficient (Wildman–Crippen LogP) is 4.02. The van der Waals surface area contributed by atoms with Crippen LogP contribution in [-0.2, 0) is 4.79 Å². The van der Waals surface area contributed by atoms with Crippen LogP contribution in [0.5, 0.6) is 0 Å². The number of hydrogen-bond acceptors (Lipinski definition) is 2. The van der Waals surface area contributed by atoms with Crippen LogP contribution in [0.2, 0.25) is 0 Å². The molecule has 0 aliphatic heterocycles. The van der Waals surface area contributed by atoms with E-state index < -0.39 is 5.97 Å². The number of carbonyl (C=O) groups is 1. The second kappa shape index (κ2) is 6.60. The quantitative estimate of drug-likeness (QED) is 0.738. The van der Waals surface area contributed by atoms with Crippen LogP contribution in [0.15, 0.2) is 30.3 Å². The number of carboxylic acid groups (broad SMARTS) is 1. The second-order valence-corrected chi connectivity index (χ2v) is 5.71. The topological polar surface area (TPSA) is 49.3 Å². The summed E-state index contributed by atoms with van der Waals surface area (Å²) in [5, 5.41) is 12.3. The maximum Gasteiger partial charge on any atom is 0.328 e. The minimum absolute atomic E-state index is 0.536. The molecule has 0 radical (unpaired) electrons. The van der Waals surface area contributed by atoms with E-state index in [2.05, 4.69) is 19.2 Å². The van der Waals surface area contributed by atoms with Gasteiger partial charge in [-0.3, -0.25) is 0 Å². The van der Waals surface area contributed by atoms with Gasteiger partial charge in [-0.1, -0.05) is 32.4 Å². The lowest BCUT2D eigenvalue weighted by molar-refractivity contribution is -0.131. The Morgan fingerprint density at radius 1 is 1.55 bits per heavy atom. The van der Waals surface area contributed by atoms with Crippen LogP contribution < -0.4 is 5.32 Å². The van der Waals surface area contributed by atoms with Crippen molar-refractivity contribution >= 4 is 17.7 Å². The summed E-state index contributed by atoms with van der Waals surface area (Å²) >= 11 is 0. The summed E-state index contributed by atoms with van der Waals surface area (Å²) in [6.07, 6.45) is 6.48. The van der Waals surface area contributed by atoms with Crippen LogP contribution in [-0.4, -0.2) is 17.1 Å². The van der Waals surface area contributed by atoms with Gasteiger partial charge in [-0.15, -0.1) is 0 Å². The van der Waals surface area contributed by atoms with Gasteiger partial charge >= 0.3 is 5.97 Å². The molecule has 1 aliphatic carbocycles. The van der Waals surface area contributed by atoms with Crippen molar-refractivity contribution in [2.24, 2.45) is 11.8 Å². The second-order valence-electron chi connectivity index (χ2n) is 5.71. The molecule has 0 aromatic heterocycles. The van der Waals surface area contributed by atoms with Crippen LogP contribution in [0.25, 0.3) is 6.08 Å². The molecule has 20 heavy (non-hydrogen) atoms. The Kier molecular flexibility index (Phi) is 4.83. The predicted molar refractivity (Wildman–Crippen MR) is 82.7 cm³/mol. The average Bonchev–Trinajstić information content (AvgIpc) is 3.13. The van der Waals surface area contributed by atoms with Crippen LogP contribution in [0, 0.1) is 11.8 Å². The van der Waals surface area contributed by atoms with Crippen LogP contribution in [0.3, 0.4) is 0 Å². The van der Waals surface area contributed by atoms with Crippen molar-refractivity contribution in [3.05, 3.63) is 35.9 Å². The lowest BCUT2D eigenvalue weighted by Gasteiger charge is -2.19. The fraction of sp³-hybridized carbons (Fsp3) is 0.471. The van der Waals surface area contributed by atoms with Crippen LogP contribution in [0.1, 0.15) is 38.7 Å². The van der Waals surface area contributed by atoms with E-state index in [9.17, 15) is 4.79 Å². The van der Waals surface area contributed by atoms with E-state index in [0.29, 0.717) is 6.04 Å². The van der Waals surface area contributed by atoms with Gasteiger partial charge in [0.05, 0.1) is 0 Å². The third kappa shape index (κ3) is 4.12. The number of nitrogens with one attached hydrogen (secondary N) is 1. The number of anilines is 1. The Bertz CT molecular complexity index is 496. The highest BCUT2D eigenvalue weighted by Crippen LogP contribution is 2.43. The highest BCUT2D eigenvalue weighted by Gasteiger charge is 2.38. The lowest BCUT2D eigenvalue weighted by Crippen LogP contribution is -2.22. The molecule has 3 heteroatoms. The summed E-state index contributed by atoms with van der Waals surface area (Å²) in [5.41, 5.74) is 1.99. The molecule has 1 aromatic carbocycles. The maximum absolute atomic E-state index is 10.6. The van der Waals surface area contributed by atoms with Crippen molar-refractivity contribution < 1.29 is 9.90 Å². The molecule has 0 spiro atoms. The molecule has 1 fully saturated rings. The molecule has 0 amide bonds. The molecule has 2 rings (SSSR count). The van der Waals surface area contributed by atoms with E-state index >= 15 is 0 Å². The Morgan fingerprint density at radius 3 is 2.90 bits per heavy atom. The Labute approximate surface area is 120 Å². The Hall–Kier alpha value is -1.77. The molecule has 0 heterocycles. The molecule has 3 unspecified atom stereocenters. The minimum Gasteiger partial charge on any atom is -0.478 e. The summed E-state index contributed by atoms with van der Waals surface area (Å²) < 4.78 is 0. The van der Waals surface area contributed by atoms with Crippen molar-refractivity contribution in [1.82, 2.24) is 0 Å². The Morgan fingerprint density at radius 2 is 2.30 bits per heavy atom. The van der Waals surface area contributed by atoms with E-state index in [1.165, 1.54) is 25.3 Å². The third-order valence-corrected chi connectivity index (χ3v) is 3.95. The third-order valence-electron chi connectivity index (χ3n) is 3.95. The number of aliphatic carboxylic acids is 1. The fourth-order valence-corrected chi connectivity index (χ4v) is 2.73. The molecular formula is C17H23NO2. The average molecular weight is 273 g/mol. The van der Waals surface area contributed by atoms with Crippen molar-refractivity contribution in [2.75, 3.05) is 5.32 Å². The summed E-state index contributed by atoms with van der Waals surface area (Å²) in [4.78, 5) is 10.6. The molecule has 1 aliphatic rings. The Balaban J connectivity index is 2.04. The zero-order valence-electron chi connectivity index (χ0n) is 12.2. The molecule has 3 nitrogen and oxygen atoms in total. The highest BCUT2D eigenvalue weighted by atomic mass is 16.4. The van der Waals surface area contributed by atoms with E-state index in [-0.39, 0.29) is 0 Å². The number of benzene rings is 1. The summed E-state index contributed by atoms with van der Waals surface area (Å²) in [6.45, 7) is 4.52. The first kappa shape index (κ1) is 14.6. The number of rotatable bonds is 7. The van der Waals surface area contributed by atoms with Gasteiger partial charge in [0.1, 0.15) is 0 Å². The van der Waals surface area contributed by atoms with E-state index in [4.69, 9.17) is 5.11 Å². The highest BCUT2D eigenvalue weighted by molar-refractivity contribution is 5.85. The van der Waals surface area contributed by atoms with Gasteiger partial charge in [0, 0.05) is 17.8 Å². The smallest absolute Gasteiger partial charge is 0.328 e. The largest absolute Gasteiger partial charge is 0.478 e. The zero-order chi connectivity index (χ0) is 14.5. The first-order valence-corrected chi connectivity index (χ1v) is 7.37. The van der Waals surface area contributed by atoms with Crippen molar-refractivity contribution in [2.45, 2.75) is 39.2 Å². The standard InChI is InChI=1S/C17H23NO2/c1-3-5-16(15-10-12(15)2)18-14-7-4-6-13(11-14)8-9-17(19)20/h4,6-9,11-12,15-16,18H,3,5,10H2,1-2H3,(H,19,20). The summed E-state index contributed by atoms with van der Waals surface area (Å²) in [6, 6.07) is 8.47. The van der Waals surface area contributed by atoms with Gasteiger partial charge in [0.2, 0.25) is 0 Å². The van der Waals surface area contributed by atoms with Crippen molar-refractivity contribution in [1.29, 1.82) is 0 Å². The maximum atomic E-state index is 10.6. The SMILES string of the molecule is CCCC(Nc1cccc(C=CC(=O)O)c1)C1CC1C. The molecule has 1 aromatic rings. The van der Waals surface area contributed by atoms with E-state index in [1.807, 2.05) is 24.3 Å². The molecule has 108 valence electrons. The first-order valence-electron chi connectivity index (χ1n) is 7.37. The van der Waals surface area contributed by atoms with Crippen LogP contribution in [0.4, 0.5) is 5.69 Å². The van der Waals surface area contributed by atoms with Crippen molar-refractivity contribution in [3.8, 4) is 0 Å². The van der Waals surface area contributed by atoms with Gasteiger partial charge < -0.3 is 10.4 Å². The molecular weight excluding hydrogens is 250 g/mol. The molecule has 3 atom stereocenters. The lowest BCUT2D eigenvalue weighted by atomic mass is 10.0. The van der Waals surface area contributed by atoms with E-state index in [0.717, 1.165) is 23.1 Å². The van der Waals surface area contributed by atoms with Gasteiger partial charge in [0.25, 0.3) is 0 Å². The van der Waals surface area contributed by atoms with E-state index in [1.54, 1.807) is 6.08 Å². The van der Waals surface area contributed by atoms with Gasteiger partial charge in [0.15, 0.2) is 0 Å². The zero-order valence-corrected chi connectivity index (χ0v) is 12.2. The summed E-state index contributed by atoms with van der Waals surface area (Å²) in [7, 11) is 0. The monoisotopic (exact) mass is 273 g/mol. The van der Waals surface area contributed by atoms with Gasteiger partial charge in [-0.05, 0) is 48.4 Å².